The number of carbonyl (C=O) groups is 2. The zero-order valence-corrected chi connectivity index (χ0v) is 15.4. The fourth-order valence-corrected chi connectivity index (χ4v) is 3.34. The summed E-state index contributed by atoms with van der Waals surface area (Å²) in [6.45, 7) is 4.13. The number of aryl methyl sites for hydroxylation is 2. The van der Waals surface area contributed by atoms with Crippen LogP contribution in [-0.4, -0.2) is 23.3 Å². The van der Waals surface area contributed by atoms with Gasteiger partial charge in [-0.15, -0.1) is 0 Å². The number of rotatable bonds is 4. The van der Waals surface area contributed by atoms with Crippen molar-refractivity contribution >= 4 is 40.0 Å². The largest absolute Gasteiger partial charge is 0.361 e. The van der Waals surface area contributed by atoms with Gasteiger partial charge >= 0.3 is 11.8 Å². The van der Waals surface area contributed by atoms with Crippen LogP contribution < -0.4 is 10.6 Å². The standard InChI is InChI=1S/C20H20ClN3O2/c1-12-9-13(2)18(16(21)10-12)24-20(26)19(25)22-8-7-14-11-23-17-6-4-3-5-15(14)17/h3-6,9-11,23H,7-8H2,1-2H3,(H,22,25)(H,24,26). The molecule has 0 aliphatic rings. The van der Waals surface area contributed by atoms with Crippen LogP contribution in [0.4, 0.5) is 5.69 Å². The van der Waals surface area contributed by atoms with Crippen LogP contribution >= 0.6 is 11.6 Å². The van der Waals surface area contributed by atoms with Crippen LogP contribution in [0.3, 0.4) is 0 Å². The van der Waals surface area contributed by atoms with E-state index in [0.717, 1.165) is 27.6 Å². The van der Waals surface area contributed by atoms with Crippen molar-refractivity contribution in [2.24, 2.45) is 0 Å². The summed E-state index contributed by atoms with van der Waals surface area (Å²) in [6.07, 6.45) is 2.56. The first-order valence-corrected chi connectivity index (χ1v) is 8.74. The van der Waals surface area contributed by atoms with Crippen LogP contribution in [0.15, 0.2) is 42.6 Å². The minimum Gasteiger partial charge on any atom is -0.361 e. The molecule has 1 heterocycles. The van der Waals surface area contributed by atoms with Crippen molar-refractivity contribution in [1.29, 1.82) is 0 Å². The molecule has 3 N–H and O–H groups in total. The monoisotopic (exact) mass is 369 g/mol. The predicted molar refractivity (Wildman–Crippen MR) is 105 cm³/mol. The highest BCUT2D eigenvalue weighted by molar-refractivity contribution is 6.41. The Hall–Kier alpha value is -2.79. The average molecular weight is 370 g/mol. The van der Waals surface area contributed by atoms with Gasteiger partial charge in [0, 0.05) is 23.6 Å². The lowest BCUT2D eigenvalue weighted by atomic mass is 10.1. The molecule has 2 aromatic carbocycles. The fraction of sp³-hybridized carbons (Fsp3) is 0.200. The van der Waals surface area contributed by atoms with E-state index in [1.807, 2.05) is 50.4 Å². The maximum absolute atomic E-state index is 12.1. The molecule has 3 aromatic rings. The molecule has 0 radical (unpaired) electrons. The van der Waals surface area contributed by atoms with Gasteiger partial charge in [0.2, 0.25) is 0 Å². The van der Waals surface area contributed by atoms with E-state index in [4.69, 9.17) is 11.6 Å². The van der Waals surface area contributed by atoms with Gasteiger partial charge in [-0.1, -0.05) is 35.9 Å². The van der Waals surface area contributed by atoms with Crippen molar-refractivity contribution in [3.05, 3.63) is 64.3 Å². The number of amides is 2. The molecule has 5 nitrogen and oxygen atoms in total. The van der Waals surface area contributed by atoms with E-state index in [0.29, 0.717) is 23.7 Å². The molecule has 3 rings (SSSR count). The second-order valence-corrected chi connectivity index (χ2v) is 6.67. The Morgan fingerprint density at radius 3 is 2.65 bits per heavy atom. The SMILES string of the molecule is Cc1cc(C)c(NC(=O)C(=O)NCCc2c[nH]c3ccccc23)c(Cl)c1. The lowest BCUT2D eigenvalue weighted by Gasteiger charge is -2.11. The summed E-state index contributed by atoms with van der Waals surface area (Å²) in [7, 11) is 0. The molecule has 0 saturated heterocycles. The number of nitrogens with one attached hydrogen (secondary N) is 3. The highest BCUT2D eigenvalue weighted by Gasteiger charge is 2.16. The van der Waals surface area contributed by atoms with Gasteiger partial charge in [0.25, 0.3) is 0 Å². The molecule has 0 bridgehead atoms. The molecular weight excluding hydrogens is 350 g/mol. The number of H-pyrrole nitrogens is 1. The molecular formula is C20H20ClN3O2. The number of benzene rings is 2. The van der Waals surface area contributed by atoms with E-state index in [2.05, 4.69) is 15.6 Å². The highest BCUT2D eigenvalue weighted by Crippen LogP contribution is 2.27. The first-order valence-electron chi connectivity index (χ1n) is 8.36. The van der Waals surface area contributed by atoms with Gasteiger partial charge in [0.1, 0.15) is 0 Å². The topological polar surface area (TPSA) is 74.0 Å². The number of carbonyl (C=O) groups excluding carboxylic acids is 2. The number of hydrogen-bond donors (Lipinski definition) is 3. The van der Waals surface area contributed by atoms with Crippen LogP contribution in [0.5, 0.6) is 0 Å². The fourth-order valence-electron chi connectivity index (χ4n) is 2.97. The second kappa shape index (κ2) is 7.62. The molecule has 2 amide bonds. The maximum atomic E-state index is 12.1. The van der Waals surface area contributed by atoms with Crippen molar-refractivity contribution in [2.75, 3.05) is 11.9 Å². The van der Waals surface area contributed by atoms with Crippen molar-refractivity contribution < 1.29 is 9.59 Å². The molecule has 26 heavy (non-hydrogen) atoms. The Bertz CT molecular complexity index is 955. The second-order valence-electron chi connectivity index (χ2n) is 6.26. The van der Waals surface area contributed by atoms with Gasteiger partial charge in [0.05, 0.1) is 10.7 Å². The van der Waals surface area contributed by atoms with Gasteiger partial charge in [-0.3, -0.25) is 9.59 Å². The summed E-state index contributed by atoms with van der Waals surface area (Å²) in [6, 6.07) is 11.6. The third-order valence-corrected chi connectivity index (χ3v) is 4.53. The van der Waals surface area contributed by atoms with Crippen molar-refractivity contribution in [1.82, 2.24) is 10.3 Å². The van der Waals surface area contributed by atoms with E-state index in [9.17, 15) is 9.59 Å². The first kappa shape index (κ1) is 18.0. The van der Waals surface area contributed by atoms with Crippen molar-refractivity contribution in [3.8, 4) is 0 Å². The number of aromatic nitrogens is 1. The summed E-state index contributed by atoms with van der Waals surface area (Å²) >= 11 is 6.16. The van der Waals surface area contributed by atoms with E-state index >= 15 is 0 Å². The average Bonchev–Trinajstić information content (AvgIpc) is 3.01. The van der Waals surface area contributed by atoms with Gasteiger partial charge in [-0.05, 0) is 49.1 Å². The Balaban J connectivity index is 1.57. The minimum atomic E-state index is -0.724. The van der Waals surface area contributed by atoms with Crippen LogP contribution in [0.1, 0.15) is 16.7 Å². The Labute approximate surface area is 156 Å². The Kier molecular flexibility index (Phi) is 5.28. The molecule has 0 fully saturated rings. The highest BCUT2D eigenvalue weighted by atomic mass is 35.5. The third kappa shape index (κ3) is 3.89. The normalized spacial score (nSPS) is 10.7. The van der Waals surface area contributed by atoms with Gasteiger partial charge in [0.15, 0.2) is 0 Å². The quantitative estimate of drug-likeness (QED) is 0.613. The number of hydrogen-bond acceptors (Lipinski definition) is 2. The summed E-state index contributed by atoms with van der Waals surface area (Å²) in [5.41, 5.74) is 4.42. The number of para-hydroxylation sites is 1. The molecule has 0 spiro atoms. The summed E-state index contributed by atoms with van der Waals surface area (Å²) in [5, 5.41) is 6.78. The van der Waals surface area contributed by atoms with Crippen LogP contribution in [0, 0.1) is 13.8 Å². The van der Waals surface area contributed by atoms with Gasteiger partial charge in [-0.25, -0.2) is 0 Å². The van der Waals surface area contributed by atoms with Crippen molar-refractivity contribution in [3.63, 3.8) is 0 Å². The number of anilines is 1. The number of fused-ring (bicyclic) bond motifs is 1. The lowest BCUT2D eigenvalue weighted by molar-refractivity contribution is -0.136. The third-order valence-electron chi connectivity index (χ3n) is 4.23. The molecule has 0 unspecified atom stereocenters. The van der Waals surface area contributed by atoms with E-state index in [1.54, 1.807) is 6.07 Å². The zero-order valence-electron chi connectivity index (χ0n) is 14.7. The van der Waals surface area contributed by atoms with Gasteiger partial charge in [-0.2, -0.15) is 0 Å². The number of halogens is 1. The minimum absolute atomic E-state index is 0.370. The molecule has 0 atom stereocenters. The van der Waals surface area contributed by atoms with E-state index in [1.165, 1.54) is 0 Å². The lowest BCUT2D eigenvalue weighted by Crippen LogP contribution is -2.36. The van der Waals surface area contributed by atoms with Crippen LogP contribution in [0.25, 0.3) is 10.9 Å². The zero-order chi connectivity index (χ0) is 18.7. The predicted octanol–water partition coefficient (Wildman–Crippen LogP) is 3.74. The first-order chi connectivity index (χ1) is 12.5. The summed E-state index contributed by atoms with van der Waals surface area (Å²) < 4.78 is 0. The smallest absolute Gasteiger partial charge is 0.313 e. The van der Waals surface area contributed by atoms with E-state index < -0.39 is 11.8 Å². The maximum Gasteiger partial charge on any atom is 0.313 e. The van der Waals surface area contributed by atoms with E-state index in [-0.39, 0.29) is 0 Å². The molecule has 0 saturated carbocycles. The number of aromatic amines is 1. The van der Waals surface area contributed by atoms with Gasteiger partial charge < -0.3 is 15.6 Å². The van der Waals surface area contributed by atoms with Crippen molar-refractivity contribution in [2.45, 2.75) is 20.3 Å². The molecule has 0 aliphatic heterocycles. The summed E-state index contributed by atoms with van der Waals surface area (Å²) in [5.74, 6) is -1.40. The molecule has 6 heteroatoms. The van der Waals surface area contributed by atoms with Crippen LogP contribution in [0.2, 0.25) is 5.02 Å². The molecule has 134 valence electrons. The summed E-state index contributed by atoms with van der Waals surface area (Å²) in [4.78, 5) is 27.4. The molecule has 1 aromatic heterocycles. The molecule has 0 aliphatic carbocycles. The Morgan fingerprint density at radius 1 is 1.12 bits per heavy atom. The Morgan fingerprint density at radius 2 is 1.88 bits per heavy atom. The van der Waals surface area contributed by atoms with Crippen LogP contribution in [-0.2, 0) is 16.0 Å².